The van der Waals surface area contributed by atoms with Crippen LogP contribution in [0.2, 0.25) is 10.0 Å². The van der Waals surface area contributed by atoms with Crippen LogP contribution in [-0.2, 0) is 11.2 Å². The van der Waals surface area contributed by atoms with Crippen molar-refractivity contribution in [3.8, 4) is 0 Å². The first-order valence-electron chi connectivity index (χ1n) is 5.84. The van der Waals surface area contributed by atoms with Gasteiger partial charge in [-0.2, -0.15) is 0 Å². The third-order valence-corrected chi connectivity index (χ3v) is 2.54. The molecule has 98 valence electrons. The number of methoxy groups -OCH3 is 1. The van der Waals surface area contributed by atoms with Gasteiger partial charge in [0.2, 0.25) is 0 Å². The Balaban J connectivity index is 0.000000770. The Labute approximate surface area is 115 Å². The van der Waals surface area contributed by atoms with Gasteiger partial charge in [-0.3, -0.25) is 0 Å². The predicted molar refractivity (Wildman–Crippen MR) is 77.2 cm³/mol. The zero-order valence-corrected chi connectivity index (χ0v) is 12.8. The molecule has 1 aromatic carbocycles. The van der Waals surface area contributed by atoms with Crippen molar-refractivity contribution in [2.24, 2.45) is 0 Å². The second kappa shape index (κ2) is 7.97. The van der Waals surface area contributed by atoms with E-state index in [0.717, 1.165) is 12.0 Å². The maximum Gasteiger partial charge on any atom is 0.0662 e. The Morgan fingerprint density at radius 3 is 1.82 bits per heavy atom. The molecule has 0 saturated carbocycles. The van der Waals surface area contributed by atoms with Gasteiger partial charge in [0.25, 0.3) is 0 Å². The minimum atomic E-state index is -0.186. The van der Waals surface area contributed by atoms with Gasteiger partial charge >= 0.3 is 0 Å². The van der Waals surface area contributed by atoms with Gasteiger partial charge < -0.3 is 4.74 Å². The van der Waals surface area contributed by atoms with E-state index in [1.807, 2.05) is 26.0 Å². The summed E-state index contributed by atoms with van der Waals surface area (Å²) in [5.74, 6) is 0. The number of hydrogen-bond acceptors (Lipinski definition) is 1. The van der Waals surface area contributed by atoms with Crippen LogP contribution in [0.4, 0.5) is 0 Å². The summed E-state index contributed by atoms with van der Waals surface area (Å²) in [6, 6.07) is 5.55. The summed E-state index contributed by atoms with van der Waals surface area (Å²) in [4.78, 5) is 0. The Hall–Kier alpha value is -0.240. The third-order valence-electron chi connectivity index (χ3n) is 2.10. The second-order valence-electron chi connectivity index (χ2n) is 4.63. The van der Waals surface area contributed by atoms with Crippen molar-refractivity contribution in [2.45, 2.75) is 46.1 Å². The van der Waals surface area contributed by atoms with E-state index >= 15 is 0 Å². The fourth-order valence-electron chi connectivity index (χ4n) is 1.28. The van der Waals surface area contributed by atoms with Crippen molar-refractivity contribution in [1.29, 1.82) is 0 Å². The average Bonchev–Trinajstić information content (AvgIpc) is 2.16. The number of ether oxygens (including phenoxy) is 1. The van der Waals surface area contributed by atoms with Gasteiger partial charge in [-0.25, -0.2) is 0 Å². The van der Waals surface area contributed by atoms with Crippen LogP contribution in [0.15, 0.2) is 18.2 Å². The van der Waals surface area contributed by atoms with Crippen LogP contribution in [0.5, 0.6) is 0 Å². The van der Waals surface area contributed by atoms with Crippen molar-refractivity contribution in [2.75, 3.05) is 7.11 Å². The van der Waals surface area contributed by atoms with Crippen LogP contribution < -0.4 is 0 Å². The predicted octanol–water partition coefficient (Wildman–Crippen LogP) is 5.38. The maximum absolute atomic E-state index is 5.90. The van der Waals surface area contributed by atoms with E-state index in [2.05, 4.69) is 13.8 Å². The van der Waals surface area contributed by atoms with Crippen molar-refractivity contribution < 1.29 is 4.74 Å². The first kappa shape index (κ1) is 16.8. The molecule has 0 fully saturated rings. The normalized spacial score (nSPS) is 10.8. The molecule has 0 atom stereocenters. The molecule has 0 saturated heterocycles. The second-order valence-corrected chi connectivity index (χ2v) is 5.50. The summed E-state index contributed by atoms with van der Waals surface area (Å²) < 4.78 is 5.34. The summed E-state index contributed by atoms with van der Waals surface area (Å²) >= 11 is 11.8. The fourth-order valence-corrected chi connectivity index (χ4v) is 1.85. The van der Waals surface area contributed by atoms with Crippen molar-refractivity contribution in [3.63, 3.8) is 0 Å². The molecule has 1 nitrogen and oxygen atoms in total. The van der Waals surface area contributed by atoms with E-state index in [0.29, 0.717) is 10.0 Å². The molecule has 0 spiro atoms. The SMILES string of the molecule is CCC.COC(C)(C)Cc1cc(Cl)cc(Cl)c1. The summed E-state index contributed by atoms with van der Waals surface area (Å²) in [5.41, 5.74) is 0.905. The molecule has 0 heterocycles. The Morgan fingerprint density at radius 1 is 1.06 bits per heavy atom. The molecule has 0 bridgehead atoms. The van der Waals surface area contributed by atoms with Crippen molar-refractivity contribution in [1.82, 2.24) is 0 Å². The number of benzene rings is 1. The summed E-state index contributed by atoms with van der Waals surface area (Å²) in [5, 5.41) is 1.33. The lowest BCUT2D eigenvalue weighted by Gasteiger charge is -2.23. The molecule has 0 aliphatic carbocycles. The van der Waals surface area contributed by atoms with Crippen LogP contribution in [-0.4, -0.2) is 12.7 Å². The Morgan fingerprint density at radius 2 is 1.47 bits per heavy atom. The van der Waals surface area contributed by atoms with Crippen LogP contribution in [0.25, 0.3) is 0 Å². The van der Waals surface area contributed by atoms with Gasteiger partial charge in [-0.05, 0) is 37.6 Å². The summed E-state index contributed by atoms with van der Waals surface area (Å²) in [7, 11) is 1.70. The zero-order chi connectivity index (χ0) is 13.5. The number of halogens is 2. The molecule has 0 radical (unpaired) electrons. The highest BCUT2D eigenvalue weighted by Gasteiger charge is 2.17. The van der Waals surface area contributed by atoms with E-state index in [4.69, 9.17) is 27.9 Å². The third kappa shape index (κ3) is 7.64. The minimum Gasteiger partial charge on any atom is -0.378 e. The molecule has 3 heteroatoms. The molecule has 1 aromatic rings. The molecular formula is C14H22Cl2O. The highest BCUT2D eigenvalue weighted by molar-refractivity contribution is 6.34. The topological polar surface area (TPSA) is 9.23 Å². The Kier molecular flexibility index (Phi) is 7.85. The lowest BCUT2D eigenvalue weighted by molar-refractivity contribution is 0.0232. The highest BCUT2D eigenvalue weighted by Crippen LogP contribution is 2.23. The first-order valence-corrected chi connectivity index (χ1v) is 6.60. The zero-order valence-electron chi connectivity index (χ0n) is 11.3. The number of hydrogen-bond donors (Lipinski definition) is 0. The first-order chi connectivity index (χ1) is 7.84. The van der Waals surface area contributed by atoms with Gasteiger partial charge in [0.05, 0.1) is 5.60 Å². The fraction of sp³-hybridized carbons (Fsp3) is 0.571. The molecule has 1 rings (SSSR count). The summed E-state index contributed by atoms with van der Waals surface area (Å²) in [6.07, 6.45) is 2.05. The lowest BCUT2D eigenvalue weighted by Crippen LogP contribution is -2.25. The van der Waals surface area contributed by atoms with E-state index in [1.165, 1.54) is 6.42 Å². The van der Waals surface area contributed by atoms with Gasteiger partial charge in [0, 0.05) is 23.6 Å². The van der Waals surface area contributed by atoms with Crippen LogP contribution in [0, 0.1) is 0 Å². The standard InChI is InChI=1S/C11H14Cl2O.C3H8/c1-11(2,14-3)7-8-4-9(12)6-10(13)5-8;1-3-2/h4-6H,7H2,1-3H3;3H2,1-2H3. The maximum atomic E-state index is 5.90. The van der Waals surface area contributed by atoms with E-state index in [9.17, 15) is 0 Å². The largest absolute Gasteiger partial charge is 0.378 e. The molecule has 0 aliphatic heterocycles. The quantitative estimate of drug-likeness (QED) is 0.721. The van der Waals surface area contributed by atoms with Crippen molar-refractivity contribution in [3.05, 3.63) is 33.8 Å². The van der Waals surface area contributed by atoms with E-state index in [-0.39, 0.29) is 5.60 Å². The number of rotatable bonds is 3. The monoisotopic (exact) mass is 276 g/mol. The van der Waals surface area contributed by atoms with E-state index in [1.54, 1.807) is 13.2 Å². The minimum absolute atomic E-state index is 0.186. The van der Waals surface area contributed by atoms with Crippen molar-refractivity contribution >= 4 is 23.2 Å². The molecule has 0 aromatic heterocycles. The molecule has 17 heavy (non-hydrogen) atoms. The smallest absolute Gasteiger partial charge is 0.0662 e. The van der Waals surface area contributed by atoms with Gasteiger partial charge in [0.1, 0.15) is 0 Å². The highest BCUT2D eigenvalue weighted by atomic mass is 35.5. The van der Waals surface area contributed by atoms with Crippen LogP contribution in [0.3, 0.4) is 0 Å². The van der Waals surface area contributed by atoms with E-state index < -0.39 is 0 Å². The van der Waals surface area contributed by atoms with Crippen LogP contribution >= 0.6 is 23.2 Å². The van der Waals surface area contributed by atoms with Gasteiger partial charge in [-0.1, -0.05) is 43.5 Å². The Bertz CT molecular complexity index is 315. The lowest BCUT2D eigenvalue weighted by atomic mass is 9.98. The van der Waals surface area contributed by atoms with Gasteiger partial charge in [-0.15, -0.1) is 0 Å². The average molecular weight is 277 g/mol. The van der Waals surface area contributed by atoms with Crippen LogP contribution in [0.1, 0.15) is 39.7 Å². The molecule has 0 unspecified atom stereocenters. The molecule has 0 N–H and O–H groups in total. The molecule has 0 amide bonds. The van der Waals surface area contributed by atoms with Gasteiger partial charge in [0.15, 0.2) is 0 Å². The molecule has 0 aliphatic rings. The molecular weight excluding hydrogens is 255 g/mol. The summed E-state index contributed by atoms with van der Waals surface area (Å²) in [6.45, 7) is 8.31.